The molecule has 2 aromatic rings. The largest absolute Gasteiger partial charge is 0.0786 e. The van der Waals surface area contributed by atoms with Gasteiger partial charge in [-0.3, -0.25) is 0 Å². The van der Waals surface area contributed by atoms with Crippen molar-refractivity contribution in [3.05, 3.63) is 69.2 Å². The summed E-state index contributed by atoms with van der Waals surface area (Å²) in [6.07, 6.45) is 0. The van der Waals surface area contributed by atoms with E-state index in [-0.39, 0.29) is 4.83 Å². The standard InChI is InChI=1S/C15H14Br2/c1-10-3-8-14(11(2)9-10)15(17)12-4-6-13(16)7-5-12/h3-9,15H,1-2H3. The summed E-state index contributed by atoms with van der Waals surface area (Å²) < 4.78 is 1.11. The molecule has 2 rings (SSSR count). The Morgan fingerprint density at radius 3 is 2.18 bits per heavy atom. The van der Waals surface area contributed by atoms with E-state index in [2.05, 4.69) is 88.2 Å². The van der Waals surface area contributed by atoms with Gasteiger partial charge in [-0.2, -0.15) is 0 Å². The smallest absolute Gasteiger partial charge is 0.0647 e. The Labute approximate surface area is 119 Å². The minimum Gasteiger partial charge on any atom is -0.0786 e. The van der Waals surface area contributed by atoms with Crippen molar-refractivity contribution >= 4 is 31.9 Å². The van der Waals surface area contributed by atoms with Crippen LogP contribution in [0.3, 0.4) is 0 Å². The number of aryl methyl sites for hydroxylation is 2. The van der Waals surface area contributed by atoms with Crippen molar-refractivity contribution in [2.75, 3.05) is 0 Å². The Hall–Kier alpha value is -0.600. The lowest BCUT2D eigenvalue weighted by atomic mass is 9.99. The van der Waals surface area contributed by atoms with E-state index in [9.17, 15) is 0 Å². The van der Waals surface area contributed by atoms with Crippen molar-refractivity contribution in [2.24, 2.45) is 0 Å². The van der Waals surface area contributed by atoms with Gasteiger partial charge >= 0.3 is 0 Å². The van der Waals surface area contributed by atoms with Gasteiger partial charge in [0.2, 0.25) is 0 Å². The molecule has 0 aliphatic carbocycles. The monoisotopic (exact) mass is 352 g/mol. The first-order valence-corrected chi connectivity index (χ1v) is 7.25. The number of alkyl halides is 1. The van der Waals surface area contributed by atoms with Gasteiger partial charge in [0.25, 0.3) is 0 Å². The minimum atomic E-state index is 0.260. The van der Waals surface area contributed by atoms with Crippen LogP contribution in [0.15, 0.2) is 46.9 Å². The quantitative estimate of drug-likeness (QED) is 0.621. The third-order valence-electron chi connectivity index (χ3n) is 2.86. The van der Waals surface area contributed by atoms with Crippen molar-refractivity contribution < 1.29 is 0 Å². The summed E-state index contributed by atoms with van der Waals surface area (Å²) >= 11 is 7.24. The summed E-state index contributed by atoms with van der Waals surface area (Å²) in [4.78, 5) is 0.260. The SMILES string of the molecule is Cc1ccc(C(Br)c2ccc(Br)cc2)c(C)c1. The second kappa shape index (κ2) is 5.36. The van der Waals surface area contributed by atoms with Crippen molar-refractivity contribution in [2.45, 2.75) is 18.7 Å². The second-order valence-corrected chi connectivity index (χ2v) is 6.11. The Morgan fingerprint density at radius 1 is 0.941 bits per heavy atom. The summed E-state index contributed by atoms with van der Waals surface area (Å²) in [5.74, 6) is 0. The fraction of sp³-hybridized carbons (Fsp3) is 0.200. The molecular weight excluding hydrogens is 340 g/mol. The molecule has 0 spiro atoms. The highest BCUT2D eigenvalue weighted by molar-refractivity contribution is 9.10. The molecule has 0 aliphatic heterocycles. The fourth-order valence-corrected chi connectivity index (χ4v) is 3.00. The number of benzene rings is 2. The molecule has 0 radical (unpaired) electrons. The highest BCUT2D eigenvalue weighted by Gasteiger charge is 2.12. The lowest BCUT2D eigenvalue weighted by Crippen LogP contribution is -1.96. The average molecular weight is 354 g/mol. The molecule has 1 unspecified atom stereocenters. The summed E-state index contributed by atoms with van der Waals surface area (Å²) in [6, 6.07) is 15.0. The summed E-state index contributed by atoms with van der Waals surface area (Å²) in [5, 5.41) is 0. The molecule has 0 heterocycles. The highest BCUT2D eigenvalue weighted by Crippen LogP contribution is 2.33. The Balaban J connectivity index is 2.36. The maximum absolute atomic E-state index is 3.78. The molecule has 0 bridgehead atoms. The molecule has 88 valence electrons. The molecule has 0 aromatic heterocycles. The number of halogens is 2. The van der Waals surface area contributed by atoms with Crippen LogP contribution in [0.2, 0.25) is 0 Å². The molecule has 0 aliphatic rings. The van der Waals surface area contributed by atoms with E-state index in [1.54, 1.807) is 0 Å². The number of hydrogen-bond acceptors (Lipinski definition) is 0. The van der Waals surface area contributed by atoms with Crippen LogP contribution in [0.4, 0.5) is 0 Å². The van der Waals surface area contributed by atoms with Crippen LogP contribution in [-0.4, -0.2) is 0 Å². The van der Waals surface area contributed by atoms with Crippen LogP contribution >= 0.6 is 31.9 Å². The zero-order valence-corrected chi connectivity index (χ0v) is 13.0. The molecule has 0 fully saturated rings. The van der Waals surface area contributed by atoms with Gasteiger partial charge in [0.1, 0.15) is 0 Å². The van der Waals surface area contributed by atoms with Crippen molar-refractivity contribution in [3.63, 3.8) is 0 Å². The summed E-state index contributed by atoms with van der Waals surface area (Å²) in [7, 11) is 0. The van der Waals surface area contributed by atoms with E-state index in [4.69, 9.17) is 0 Å². The van der Waals surface area contributed by atoms with Gasteiger partial charge in [-0.1, -0.05) is 67.8 Å². The van der Waals surface area contributed by atoms with Gasteiger partial charge in [0.15, 0.2) is 0 Å². The Kier molecular flexibility index (Phi) is 4.05. The number of hydrogen-bond donors (Lipinski definition) is 0. The summed E-state index contributed by atoms with van der Waals surface area (Å²) in [5.41, 5.74) is 5.25. The Morgan fingerprint density at radius 2 is 1.59 bits per heavy atom. The normalized spacial score (nSPS) is 12.5. The van der Waals surface area contributed by atoms with Crippen LogP contribution in [0.25, 0.3) is 0 Å². The first-order valence-electron chi connectivity index (χ1n) is 5.54. The van der Waals surface area contributed by atoms with Gasteiger partial charge < -0.3 is 0 Å². The van der Waals surface area contributed by atoms with E-state index in [0.29, 0.717) is 0 Å². The topological polar surface area (TPSA) is 0 Å². The van der Waals surface area contributed by atoms with E-state index in [1.807, 2.05) is 0 Å². The first-order chi connectivity index (χ1) is 8.08. The van der Waals surface area contributed by atoms with Crippen molar-refractivity contribution in [1.82, 2.24) is 0 Å². The lowest BCUT2D eigenvalue weighted by Gasteiger charge is -2.14. The van der Waals surface area contributed by atoms with Gasteiger partial charge in [0.05, 0.1) is 4.83 Å². The van der Waals surface area contributed by atoms with E-state index >= 15 is 0 Å². The third-order valence-corrected chi connectivity index (χ3v) is 4.41. The van der Waals surface area contributed by atoms with Crippen LogP contribution in [-0.2, 0) is 0 Å². The molecule has 0 saturated carbocycles. The molecule has 0 saturated heterocycles. The van der Waals surface area contributed by atoms with Crippen LogP contribution < -0.4 is 0 Å². The molecule has 1 atom stereocenters. The van der Waals surface area contributed by atoms with Crippen LogP contribution in [0.1, 0.15) is 27.1 Å². The van der Waals surface area contributed by atoms with Gasteiger partial charge in [-0.25, -0.2) is 0 Å². The maximum atomic E-state index is 3.78. The molecule has 17 heavy (non-hydrogen) atoms. The molecule has 0 N–H and O–H groups in total. The maximum Gasteiger partial charge on any atom is 0.0647 e. The fourth-order valence-electron chi connectivity index (χ4n) is 1.92. The van der Waals surface area contributed by atoms with E-state index in [0.717, 1.165) is 4.47 Å². The Bertz CT molecular complexity index is 515. The summed E-state index contributed by atoms with van der Waals surface area (Å²) in [6.45, 7) is 4.29. The predicted octanol–water partition coefficient (Wildman–Crippen LogP) is 5.55. The predicted molar refractivity (Wildman–Crippen MR) is 80.8 cm³/mol. The van der Waals surface area contributed by atoms with Crippen LogP contribution in [0, 0.1) is 13.8 Å². The van der Waals surface area contributed by atoms with Gasteiger partial charge in [0, 0.05) is 4.47 Å². The highest BCUT2D eigenvalue weighted by atomic mass is 79.9. The minimum absolute atomic E-state index is 0.260. The van der Waals surface area contributed by atoms with E-state index < -0.39 is 0 Å². The van der Waals surface area contributed by atoms with Crippen molar-refractivity contribution in [1.29, 1.82) is 0 Å². The lowest BCUT2D eigenvalue weighted by molar-refractivity contribution is 1.13. The molecular formula is C15H14Br2. The van der Waals surface area contributed by atoms with Gasteiger partial charge in [-0.15, -0.1) is 0 Å². The molecule has 0 nitrogen and oxygen atoms in total. The zero-order valence-electron chi connectivity index (χ0n) is 9.87. The molecule has 0 amide bonds. The zero-order chi connectivity index (χ0) is 12.4. The third kappa shape index (κ3) is 2.99. The molecule has 2 aromatic carbocycles. The second-order valence-electron chi connectivity index (χ2n) is 4.27. The van der Waals surface area contributed by atoms with Crippen LogP contribution in [0.5, 0.6) is 0 Å². The average Bonchev–Trinajstić information content (AvgIpc) is 2.29. The number of rotatable bonds is 2. The first kappa shape index (κ1) is 12.8. The van der Waals surface area contributed by atoms with E-state index in [1.165, 1.54) is 22.3 Å². The van der Waals surface area contributed by atoms with Crippen molar-refractivity contribution in [3.8, 4) is 0 Å². The molecule has 2 heteroatoms. The van der Waals surface area contributed by atoms with Gasteiger partial charge in [-0.05, 0) is 42.7 Å².